The van der Waals surface area contributed by atoms with Gasteiger partial charge in [-0.05, 0) is 50.1 Å². The van der Waals surface area contributed by atoms with Gasteiger partial charge in [-0.3, -0.25) is 0 Å². The highest BCUT2D eigenvalue weighted by molar-refractivity contribution is 5.91. The number of aromatic nitrogens is 1. The van der Waals surface area contributed by atoms with Crippen LogP contribution >= 0.6 is 0 Å². The highest BCUT2D eigenvalue weighted by atomic mass is 16.5. The maximum atomic E-state index is 11.7. The Bertz CT molecular complexity index is 646. The lowest BCUT2D eigenvalue weighted by Gasteiger charge is -2.18. The average Bonchev–Trinajstić information content (AvgIpc) is 2.47. The molecule has 2 rings (SSSR count). The van der Waals surface area contributed by atoms with Crippen LogP contribution in [0.4, 0.5) is 0 Å². The van der Waals surface area contributed by atoms with Crippen molar-refractivity contribution in [2.75, 3.05) is 7.11 Å². The van der Waals surface area contributed by atoms with E-state index in [2.05, 4.69) is 4.98 Å². The second-order valence-electron chi connectivity index (χ2n) is 5.76. The number of hydrogen-bond acceptors (Lipinski definition) is 5. The first-order chi connectivity index (χ1) is 10.4. The zero-order chi connectivity index (χ0) is 16.2. The molecule has 0 bridgehead atoms. The van der Waals surface area contributed by atoms with Crippen LogP contribution in [0, 0.1) is 0 Å². The molecule has 5 nitrogen and oxygen atoms in total. The third-order valence-electron chi connectivity index (χ3n) is 2.97. The van der Waals surface area contributed by atoms with E-state index in [1.165, 1.54) is 7.11 Å². The van der Waals surface area contributed by atoms with Gasteiger partial charge >= 0.3 is 5.97 Å². The van der Waals surface area contributed by atoms with Gasteiger partial charge in [-0.15, -0.1) is 0 Å². The maximum absolute atomic E-state index is 11.7. The van der Waals surface area contributed by atoms with Crippen molar-refractivity contribution in [3.63, 3.8) is 0 Å². The van der Waals surface area contributed by atoms with Crippen molar-refractivity contribution < 1.29 is 14.3 Å². The van der Waals surface area contributed by atoms with Gasteiger partial charge in [0.2, 0.25) is 5.88 Å². The highest BCUT2D eigenvalue weighted by Crippen LogP contribution is 2.24. The number of carbonyl (C=O) groups is 1. The van der Waals surface area contributed by atoms with Gasteiger partial charge in [-0.1, -0.05) is 12.1 Å². The van der Waals surface area contributed by atoms with E-state index in [0.29, 0.717) is 5.75 Å². The number of nitrogens with zero attached hydrogens (tertiary/aromatic N) is 1. The number of ether oxygens (including phenoxy) is 2. The molecule has 5 heteroatoms. The maximum Gasteiger partial charge on any atom is 0.343 e. The Labute approximate surface area is 130 Å². The van der Waals surface area contributed by atoms with E-state index in [1.807, 2.05) is 38.1 Å². The second-order valence-corrected chi connectivity index (χ2v) is 5.76. The summed E-state index contributed by atoms with van der Waals surface area (Å²) in [7, 11) is 1.32. The Morgan fingerprint density at radius 2 is 1.91 bits per heavy atom. The van der Waals surface area contributed by atoms with Gasteiger partial charge in [-0.2, -0.15) is 0 Å². The number of methoxy groups -OCH3 is 1. The number of nitrogens with two attached hydrogens (primary N) is 1. The summed E-state index contributed by atoms with van der Waals surface area (Å²) in [6.07, 6.45) is 2.33. The van der Waals surface area contributed by atoms with E-state index in [0.717, 1.165) is 12.0 Å². The van der Waals surface area contributed by atoms with Crippen LogP contribution in [0.25, 0.3) is 0 Å². The lowest BCUT2D eigenvalue weighted by molar-refractivity contribution is 0.0597. The first-order valence-electron chi connectivity index (χ1n) is 6.98. The topological polar surface area (TPSA) is 74.4 Å². The average molecular weight is 300 g/mol. The van der Waals surface area contributed by atoms with Crippen molar-refractivity contribution in [1.82, 2.24) is 4.98 Å². The fraction of sp³-hybridized carbons (Fsp3) is 0.294. The van der Waals surface area contributed by atoms with E-state index in [-0.39, 0.29) is 17.0 Å². The molecule has 0 radical (unpaired) electrons. The van der Waals surface area contributed by atoms with Gasteiger partial charge < -0.3 is 15.2 Å². The standard InChI is InChI=1S/C17H20N2O3/c1-17(2,18)11-12-6-8-13(9-7-12)22-15-14(16(20)21-3)5-4-10-19-15/h4-10H,11,18H2,1-3H3. The summed E-state index contributed by atoms with van der Waals surface area (Å²) in [6.45, 7) is 3.96. The monoisotopic (exact) mass is 300 g/mol. The molecular formula is C17H20N2O3. The van der Waals surface area contributed by atoms with Gasteiger partial charge in [0, 0.05) is 11.7 Å². The molecule has 2 N–H and O–H groups in total. The van der Waals surface area contributed by atoms with E-state index >= 15 is 0 Å². The quantitative estimate of drug-likeness (QED) is 0.859. The fourth-order valence-corrected chi connectivity index (χ4v) is 2.05. The molecule has 2 aromatic rings. The van der Waals surface area contributed by atoms with E-state index in [1.54, 1.807) is 18.3 Å². The van der Waals surface area contributed by atoms with Crippen LogP contribution in [0.5, 0.6) is 11.6 Å². The van der Waals surface area contributed by atoms with Crippen LogP contribution in [-0.4, -0.2) is 23.6 Å². The molecule has 1 aromatic carbocycles. The van der Waals surface area contributed by atoms with Crippen molar-refractivity contribution >= 4 is 5.97 Å². The lowest BCUT2D eigenvalue weighted by atomic mass is 9.96. The first-order valence-corrected chi connectivity index (χ1v) is 6.98. The smallest absolute Gasteiger partial charge is 0.343 e. The van der Waals surface area contributed by atoms with Crippen molar-refractivity contribution in [1.29, 1.82) is 0 Å². The number of rotatable bonds is 5. The molecule has 0 aliphatic carbocycles. The molecule has 0 fully saturated rings. The van der Waals surface area contributed by atoms with E-state index < -0.39 is 5.97 Å². The van der Waals surface area contributed by atoms with E-state index in [9.17, 15) is 4.79 Å². The van der Waals surface area contributed by atoms with Gasteiger partial charge in [0.15, 0.2) is 0 Å². The third kappa shape index (κ3) is 4.30. The third-order valence-corrected chi connectivity index (χ3v) is 2.97. The fourth-order valence-electron chi connectivity index (χ4n) is 2.05. The summed E-state index contributed by atoms with van der Waals surface area (Å²) in [5.74, 6) is 0.341. The Morgan fingerprint density at radius 3 is 2.50 bits per heavy atom. The summed E-state index contributed by atoms with van der Waals surface area (Å²) in [6, 6.07) is 10.8. The number of pyridine rings is 1. The Hall–Kier alpha value is -2.40. The minimum absolute atomic E-state index is 0.223. The summed E-state index contributed by atoms with van der Waals surface area (Å²) < 4.78 is 10.4. The van der Waals surface area contributed by atoms with Gasteiger partial charge in [0.25, 0.3) is 0 Å². The minimum Gasteiger partial charge on any atom is -0.465 e. The van der Waals surface area contributed by atoms with Gasteiger partial charge in [-0.25, -0.2) is 9.78 Å². The predicted molar refractivity (Wildman–Crippen MR) is 84.1 cm³/mol. The van der Waals surface area contributed by atoms with Crippen LogP contribution in [-0.2, 0) is 11.2 Å². The second kappa shape index (κ2) is 6.58. The first kappa shape index (κ1) is 16.0. The Balaban J connectivity index is 2.16. The molecule has 1 aromatic heterocycles. The number of benzene rings is 1. The molecule has 116 valence electrons. The summed E-state index contributed by atoms with van der Waals surface area (Å²) in [5, 5.41) is 0. The molecule has 0 unspecified atom stereocenters. The summed E-state index contributed by atoms with van der Waals surface area (Å²) in [5.41, 5.74) is 7.15. The summed E-state index contributed by atoms with van der Waals surface area (Å²) >= 11 is 0. The van der Waals surface area contributed by atoms with Crippen molar-refractivity contribution in [3.8, 4) is 11.6 Å². The molecule has 0 saturated carbocycles. The highest BCUT2D eigenvalue weighted by Gasteiger charge is 2.15. The van der Waals surface area contributed by atoms with Crippen LogP contribution in [0.2, 0.25) is 0 Å². The molecule has 0 aliphatic rings. The molecule has 0 amide bonds. The van der Waals surface area contributed by atoms with Crippen LogP contribution in [0.1, 0.15) is 29.8 Å². The Morgan fingerprint density at radius 1 is 1.23 bits per heavy atom. The number of hydrogen-bond donors (Lipinski definition) is 1. The molecule has 0 atom stereocenters. The van der Waals surface area contributed by atoms with E-state index in [4.69, 9.17) is 15.2 Å². The van der Waals surface area contributed by atoms with Crippen LogP contribution in [0.15, 0.2) is 42.6 Å². The number of carbonyl (C=O) groups excluding carboxylic acids is 1. The molecule has 0 saturated heterocycles. The van der Waals surface area contributed by atoms with Gasteiger partial charge in [0.1, 0.15) is 11.3 Å². The molecule has 22 heavy (non-hydrogen) atoms. The molecule has 1 heterocycles. The largest absolute Gasteiger partial charge is 0.465 e. The zero-order valence-corrected chi connectivity index (χ0v) is 13.0. The van der Waals surface area contributed by atoms with Crippen molar-refractivity contribution in [2.24, 2.45) is 5.73 Å². The zero-order valence-electron chi connectivity index (χ0n) is 13.0. The Kier molecular flexibility index (Phi) is 4.78. The molecule has 0 spiro atoms. The number of esters is 1. The molecular weight excluding hydrogens is 280 g/mol. The van der Waals surface area contributed by atoms with Crippen LogP contribution < -0.4 is 10.5 Å². The van der Waals surface area contributed by atoms with Crippen molar-refractivity contribution in [2.45, 2.75) is 25.8 Å². The lowest BCUT2D eigenvalue weighted by Crippen LogP contribution is -2.34. The van der Waals surface area contributed by atoms with Crippen LogP contribution in [0.3, 0.4) is 0 Å². The van der Waals surface area contributed by atoms with Gasteiger partial charge in [0.05, 0.1) is 7.11 Å². The minimum atomic E-state index is -0.482. The molecule has 0 aliphatic heterocycles. The summed E-state index contributed by atoms with van der Waals surface area (Å²) in [4.78, 5) is 15.8. The van der Waals surface area contributed by atoms with Crippen molar-refractivity contribution in [3.05, 3.63) is 53.7 Å². The predicted octanol–water partition coefficient (Wildman–Crippen LogP) is 2.94. The SMILES string of the molecule is COC(=O)c1cccnc1Oc1ccc(CC(C)(C)N)cc1. The normalized spacial score (nSPS) is 11.1.